The molecule has 0 radical (unpaired) electrons. The average molecular weight is 218 g/mol. The first-order chi connectivity index (χ1) is 6.13. The summed E-state index contributed by atoms with van der Waals surface area (Å²) in [6.07, 6.45) is 0.183. The molecule has 0 unspecified atom stereocenters. The summed E-state index contributed by atoms with van der Waals surface area (Å²) in [7, 11) is 0. The molecule has 0 atom stereocenters. The van der Waals surface area contributed by atoms with Gasteiger partial charge in [0.25, 0.3) is 0 Å². The Morgan fingerprint density at radius 1 is 1.38 bits per heavy atom. The fourth-order valence-electron chi connectivity index (χ4n) is 1.08. The molecule has 0 aliphatic heterocycles. The van der Waals surface area contributed by atoms with E-state index in [0.29, 0.717) is 10.9 Å². The van der Waals surface area contributed by atoms with Crippen LogP contribution in [0, 0.1) is 0 Å². The minimum absolute atomic E-state index is 0.183. The molecule has 2 N–H and O–H groups in total. The Balaban J connectivity index is 3.01. The van der Waals surface area contributed by atoms with E-state index in [2.05, 4.69) is 0 Å². The van der Waals surface area contributed by atoms with Crippen molar-refractivity contribution >= 4 is 29.1 Å². The number of carbonyl (C=O) groups is 1. The topological polar surface area (TPSA) is 43.1 Å². The summed E-state index contributed by atoms with van der Waals surface area (Å²) >= 11 is 11.4. The molecule has 0 heterocycles. The van der Waals surface area contributed by atoms with E-state index in [0.717, 1.165) is 11.1 Å². The number of nitrogens with two attached hydrogens (primary N) is 1. The molecule has 1 aromatic rings. The maximum atomic E-state index is 10.7. The normalized spacial score (nSPS) is 10.0. The number of hydrogen-bond acceptors (Lipinski definition) is 1. The second kappa shape index (κ2) is 4.49. The van der Waals surface area contributed by atoms with Gasteiger partial charge in [-0.15, -0.1) is 11.6 Å². The van der Waals surface area contributed by atoms with E-state index in [9.17, 15) is 4.79 Å². The predicted octanol–water partition coefficient (Wildman–Crippen LogP) is 2.11. The number of benzene rings is 1. The van der Waals surface area contributed by atoms with Crippen LogP contribution in [0.3, 0.4) is 0 Å². The van der Waals surface area contributed by atoms with Crippen LogP contribution in [-0.4, -0.2) is 5.91 Å². The van der Waals surface area contributed by atoms with Crippen molar-refractivity contribution in [3.8, 4) is 0 Å². The Kier molecular flexibility index (Phi) is 3.58. The highest BCUT2D eigenvalue weighted by molar-refractivity contribution is 6.30. The number of halogens is 2. The third-order valence-corrected chi connectivity index (χ3v) is 2.20. The van der Waals surface area contributed by atoms with Gasteiger partial charge in [0, 0.05) is 10.9 Å². The molecule has 1 aromatic carbocycles. The van der Waals surface area contributed by atoms with Crippen LogP contribution in [0.4, 0.5) is 0 Å². The van der Waals surface area contributed by atoms with Gasteiger partial charge in [-0.3, -0.25) is 4.79 Å². The standard InChI is InChI=1S/C9H9Cl2NO/c10-5-6-1-2-8(11)3-7(6)4-9(12)13/h1-3H,4-5H2,(H2,12,13). The van der Waals surface area contributed by atoms with Gasteiger partial charge in [-0.05, 0) is 23.3 Å². The van der Waals surface area contributed by atoms with E-state index in [1.807, 2.05) is 0 Å². The largest absolute Gasteiger partial charge is 0.369 e. The van der Waals surface area contributed by atoms with E-state index >= 15 is 0 Å². The fraction of sp³-hybridized carbons (Fsp3) is 0.222. The molecule has 2 nitrogen and oxygen atoms in total. The first-order valence-electron chi connectivity index (χ1n) is 3.75. The molecule has 0 spiro atoms. The summed E-state index contributed by atoms with van der Waals surface area (Å²) in [5.74, 6) is -0.0200. The Bertz CT molecular complexity index is 325. The Hall–Kier alpha value is -0.730. The molecule has 0 aliphatic carbocycles. The van der Waals surface area contributed by atoms with Gasteiger partial charge in [0.1, 0.15) is 0 Å². The summed E-state index contributed by atoms with van der Waals surface area (Å²) in [5, 5.41) is 0.588. The van der Waals surface area contributed by atoms with E-state index in [1.165, 1.54) is 0 Å². The number of hydrogen-bond donors (Lipinski definition) is 1. The monoisotopic (exact) mass is 217 g/mol. The summed E-state index contributed by atoms with van der Waals surface area (Å²) in [6.45, 7) is 0. The van der Waals surface area contributed by atoms with Crippen molar-refractivity contribution in [1.82, 2.24) is 0 Å². The maximum absolute atomic E-state index is 10.7. The highest BCUT2D eigenvalue weighted by Crippen LogP contribution is 2.18. The molecule has 70 valence electrons. The smallest absolute Gasteiger partial charge is 0.221 e. The van der Waals surface area contributed by atoms with Gasteiger partial charge >= 0.3 is 0 Å². The van der Waals surface area contributed by atoms with Crippen LogP contribution in [0.15, 0.2) is 18.2 Å². The van der Waals surface area contributed by atoms with Crippen molar-refractivity contribution < 1.29 is 4.79 Å². The van der Waals surface area contributed by atoms with E-state index in [1.54, 1.807) is 18.2 Å². The molecule has 1 amide bonds. The van der Waals surface area contributed by atoms with Crippen LogP contribution in [0.1, 0.15) is 11.1 Å². The molecule has 0 bridgehead atoms. The highest BCUT2D eigenvalue weighted by Gasteiger charge is 2.05. The van der Waals surface area contributed by atoms with E-state index in [-0.39, 0.29) is 12.3 Å². The van der Waals surface area contributed by atoms with Gasteiger partial charge in [-0.25, -0.2) is 0 Å². The zero-order valence-corrected chi connectivity index (χ0v) is 8.40. The van der Waals surface area contributed by atoms with Gasteiger partial charge < -0.3 is 5.73 Å². The predicted molar refractivity (Wildman–Crippen MR) is 53.9 cm³/mol. The van der Waals surface area contributed by atoms with Crippen molar-refractivity contribution in [2.75, 3.05) is 0 Å². The summed E-state index contributed by atoms with van der Waals surface area (Å²) in [4.78, 5) is 10.7. The second-order valence-corrected chi connectivity index (χ2v) is 3.39. The number of alkyl halides is 1. The fourth-order valence-corrected chi connectivity index (χ4v) is 1.53. The summed E-state index contributed by atoms with van der Waals surface area (Å²) < 4.78 is 0. The average Bonchev–Trinajstić information content (AvgIpc) is 2.03. The van der Waals surface area contributed by atoms with E-state index in [4.69, 9.17) is 28.9 Å². The van der Waals surface area contributed by atoms with E-state index < -0.39 is 0 Å². The third kappa shape index (κ3) is 2.90. The van der Waals surface area contributed by atoms with Crippen molar-refractivity contribution in [1.29, 1.82) is 0 Å². The quantitative estimate of drug-likeness (QED) is 0.775. The van der Waals surface area contributed by atoms with Crippen LogP contribution in [0.5, 0.6) is 0 Å². The summed E-state index contributed by atoms with van der Waals surface area (Å²) in [6, 6.07) is 5.25. The first kappa shape index (κ1) is 10.4. The van der Waals surface area contributed by atoms with Gasteiger partial charge in [0.05, 0.1) is 6.42 Å². The molecule has 0 aromatic heterocycles. The lowest BCUT2D eigenvalue weighted by atomic mass is 10.1. The Morgan fingerprint density at radius 3 is 2.62 bits per heavy atom. The Labute approximate surface area is 86.6 Å². The maximum Gasteiger partial charge on any atom is 0.221 e. The first-order valence-corrected chi connectivity index (χ1v) is 4.66. The van der Waals surface area contributed by atoms with Gasteiger partial charge in [0.15, 0.2) is 0 Å². The van der Waals surface area contributed by atoms with Crippen LogP contribution in [0.25, 0.3) is 0 Å². The molecule has 0 saturated carbocycles. The molecule has 4 heteroatoms. The lowest BCUT2D eigenvalue weighted by molar-refractivity contribution is -0.117. The van der Waals surface area contributed by atoms with Crippen molar-refractivity contribution in [3.05, 3.63) is 34.3 Å². The van der Waals surface area contributed by atoms with Crippen molar-refractivity contribution in [2.45, 2.75) is 12.3 Å². The highest BCUT2D eigenvalue weighted by atomic mass is 35.5. The second-order valence-electron chi connectivity index (χ2n) is 2.69. The zero-order valence-electron chi connectivity index (χ0n) is 6.89. The van der Waals surface area contributed by atoms with Crippen molar-refractivity contribution in [3.63, 3.8) is 0 Å². The zero-order chi connectivity index (χ0) is 9.84. The molecule has 1 rings (SSSR count). The van der Waals surface area contributed by atoms with Crippen LogP contribution in [-0.2, 0) is 17.1 Å². The lowest BCUT2D eigenvalue weighted by Crippen LogP contribution is -2.14. The van der Waals surface area contributed by atoms with Crippen LogP contribution in [0.2, 0.25) is 5.02 Å². The molecule has 0 saturated heterocycles. The minimum atomic E-state index is -0.381. The molecule has 13 heavy (non-hydrogen) atoms. The molecule has 0 fully saturated rings. The molecular formula is C9H9Cl2NO. The number of carbonyl (C=O) groups excluding carboxylic acids is 1. The number of amides is 1. The van der Waals surface area contributed by atoms with Gasteiger partial charge in [0.2, 0.25) is 5.91 Å². The Morgan fingerprint density at radius 2 is 2.08 bits per heavy atom. The third-order valence-electron chi connectivity index (χ3n) is 1.68. The molecular weight excluding hydrogens is 209 g/mol. The number of rotatable bonds is 3. The summed E-state index contributed by atoms with van der Waals surface area (Å²) in [5.41, 5.74) is 6.77. The number of primary amides is 1. The SMILES string of the molecule is NC(=O)Cc1cc(Cl)ccc1CCl. The van der Waals surface area contributed by atoms with Gasteiger partial charge in [-0.1, -0.05) is 17.7 Å². The van der Waals surface area contributed by atoms with Gasteiger partial charge in [-0.2, -0.15) is 0 Å². The van der Waals surface area contributed by atoms with Crippen LogP contribution < -0.4 is 5.73 Å². The lowest BCUT2D eigenvalue weighted by Gasteiger charge is -2.04. The minimum Gasteiger partial charge on any atom is -0.369 e. The van der Waals surface area contributed by atoms with Crippen molar-refractivity contribution in [2.24, 2.45) is 5.73 Å². The molecule has 0 aliphatic rings. The van der Waals surface area contributed by atoms with Crippen LogP contribution >= 0.6 is 23.2 Å².